The average molecular weight is 192 g/mol. The van der Waals surface area contributed by atoms with Crippen molar-refractivity contribution in [1.82, 2.24) is 0 Å². The molecule has 0 aliphatic heterocycles. The largest absolute Gasteiger partial charge is 0.388 e. The Balaban J connectivity index is 2.84. The van der Waals surface area contributed by atoms with Crippen LogP contribution in [0.5, 0.6) is 0 Å². The SMILES string of the molecule is Cc1cc(C)cc(C(O)CC(C)C)c1. The van der Waals surface area contributed by atoms with Crippen molar-refractivity contribution in [3.05, 3.63) is 34.9 Å². The second-order valence-corrected chi connectivity index (χ2v) is 4.57. The highest BCUT2D eigenvalue weighted by molar-refractivity contribution is 5.29. The number of benzene rings is 1. The molecule has 1 unspecified atom stereocenters. The van der Waals surface area contributed by atoms with Gasteiger partial charge in [-0.15, -0.1) is 0 Å². The summed E-state index contributed by atoms with van der Waals surface area (Å²) in [7, 11) is 0. The maximum Gasteiger partial charge on any atom is 0.0792 e. The van der Waals surface area contributed by atoms with E-state index in [-0.39, 0.29) is 6.10 Å². The predicted octanol–water partition coefficient (Wildman–Crippen LogP) is 3.38. The maximum atomic E-state index is 9.94. The molecule has 14 heavy (non-hydrogen) atoms. The highest BCUT2D eigenvalue weighted by Crippen LogP contribution is 2.22. The summed E-state index contributed by atoms with van der Waals surface area (Å²) in [5.74, 6) is 0.533. The van der Waals surface area contributed by atoms with E-state index in [4.69, 9.17) is 0 Å². The molecule has 0 aliphatic rings. The van der Waals surface area contributed by atoms with E-state index in [0.29, 0.717) is 5.92 Å². The minimum absolute atomic E-state index is 0.311. The van der Waals surface area contributed by atoms with E-state index in [1.54, 1.807) is 0 Å². The standard InChI is InChI=1S/C13H20O/c1-9(2)5-13(14)12-7-10(3)6-11(4)8-12/h6-9,13-14H,5H2,1-4H3. The normalized spacial score (nSPS) is 13.3. The van der Waals surface area contributed by atoms with Crippen LogP contribution in [0.15, 0.2) is 18.2 Å². The molecule has 0 heterocycles. The molecule has 0 fully saturated rings. The number of aryl methyl sites for hydroxylation is 2. The predicted molar refractivity (Wildman–Crippen MR) is 60.3 cm³/mol. The van der Waals surface area contributed by atoms with Crippen molar-refractivity contribution < 1.29 is 5.11 Å². The lowest BCUT2D eigenvalue weighted by Gasteiger charge is -2.14. The first-order valence-corrected chi connectivity index (χ1v) is 5.25. The quantitative estimate of drug-likeness (QED) is 0.778. The Hall–Kier alpha value is -0.820. The van der Waals surface area contributed by atoms with Gasteiger partial charge in [-0.3, -0.25) is 0 Å². The van der Waals surface area contributed by atoms with Crippen LogP contribution in [0, 0.1) is 19.8 Å². The summed E-state index contributed by atoms with van der Waals surface area (Å²) in [4.78, 5) is 0. The van der Waals surface area contributed by atoms with E-state index < -0.39 is 0 Å². The van der Waals surface area contributed by atoms with Gasteiger partial charge in [0, 0.05) is 0 Å². The first-order valence-electron chi connectivity index (χ1n) is 5.25. The smallest absolute Gasteiger partial charge is 0.0792 e. The fourth-order valence-electron chi connectivity index (χ4n) is 1.78. The van der Waals surface area contributed by atoms with Gasteiger partial charge in [-0.1, -0.05) is 43.2 Å². The monoisotopic (exact) mass is 192 g/mol. The lowest BCUT2D eigenvalue weighted by molar-refractivity contribution is 0.151. The Morgan fingerprint density at radius 3 is 2.00 bits per heavy atom. The number of hydrogen-bond donors (Lipinski definition) is 1. The minimum atomic E-state index is -0.311. The highest BCUT2D eigenvalue weighted by Gasteiger charge is 2.09. The average Bonchev–Trinajstić information content (AvgIpc) is 2.00. The summed E-state index contributed by atoms with van der Waals surface area (Å²) in [6, 6.07) is 6.27. The molecule has 0 amide bonds. The summed E-state index contributed by atoms with van der Waals surface area (Å²) in [5, 5.41) is 9.94. The maximum absolute atomic E-state index is 9.94. The van der Waals surface area contributed by atoms with Gasteiger partial charge in [0.25, 0.3) is 0 Å². The molecular weight excluding hydrogens is 172 g/mol. The van der Waals surface area contributed by atoms with Crippen molar-refractivity contribution in [2.45, 2.75) is 40.2 Å². The molecule has 0 aliphatic carbocycles. The van der Waals surface area contributed by atoms with Crippen LogP contribution < -0.4 is 0 Å². The fourth-order valence-corrected chi connectivity index (χ4v) is 1.78. The molecule has 1 atom stereocenters. The molecule has 78 valence electrons. The Morgan fingerprint density at radius 1 is 1.07 bits per heavy atom. The van der Waals surface area contributed by atoms with Crippen LogP contribution in [0.25, 0.3) is 0 Å². The van der Waals surface area contributed by atoms with Crippen LogP contribution in [0.1, 0.15) is 43.1 Å². The van der Waals surface area contributed by atoms with Gasteiger partial charge in [0.1, 0.15) is 0 Å². The van der Waals surface area contributed by atoms with Crippen LogP contribution in [-0.2, 0) is 0 Å². The molecule has 0 aromatic heterocycles. The molecule has 1 aromatic carbocycles. The Morgan fingerprint density at radius 2 is 1.57 bits per heavy atom. The van der Waals surface area contributed by atoms with Crippen LogP contribution in [0.3, 0.4) is 0 Å². The third kappa shape index (κ3) is 3.15. The zero-order valence-electron chi connectivity index (χ0n) is 9.54. The van der Waals surface area contributed by atoms with Crippen LogP contribution in [-0.4, -0.2) is 5.11 Å². The Kier molecular flexibility index (Phi) is 3.70. The summed E-state index contributed by atoms with van der Waals surface area (Å²) >= 11 is 0. The molecular formula is C13H20O. The summed E-state index contributed by atoms with van der Waals surface area (Å²) in [6.45, 7) is 8.40. The zero-order valence-corrected chi connectivity index (χ0v) is 9.54. The third-order valence-corrected chi connectivity index (χ3v) is 2.32. The lowest BCUT2D eigenvalue weighted by atomic mass is 9.97. The molecule has 1 N–H and O–H groups in total. The van der Waals surface area contributed by atoms with Gasteiger partial charge in [0.2, 0.25) is 0 Å². The van der Waals surface area contributed by atoms with Gasteiger partial charge >= 0.3 is 0 Å². The Labute approximate surface area is 86.8 Å². The first-order chi connectivity index (χ1) is 6.49. The summed E-state index contributed by atoms with van der Waals surface area (Å²) in [6.07, 6.45) is 0.525. The van der Waals surface area contributed by atoms with Crippen LogP contribution in [0.2, 0.25) is 0 Å². The van der Waals surface area contributed by atoms with Crippen molar-refractivity contribution in [3.63, 3.8) is 0 Å². The van der Waals surface area contributed by atoms with Gasteiger partial charge < -0.3 is 5.11 Å². The van der Waals surface area contributed by atoms with Gasteiger partial charge in [0.15, 0.2) is 0 Å². The van der Waals surface area contributed by atoms with Gasteiger partial charge in [0.05, 0.1) is 6.10 Å². The molecule has 0 saturated carbocycles. The third-order valence-electron chi connectivity index (χ3n) is 2.32. The molecule has 0 bridgehead atoms. The molecule has 1 heteroatoms. The molecule has 1 rings (SSSR count). The van der Waals surface area contributed by atoms with Crippen molar-refractivity contribution in [1.29, 1.82) is 0 Å². The number of rotatable bonds is 3. The van der Waals surface area contributed by atoms with Crippen molar-refractivity contribution in [3.8, 4) is 0 Å². The number of aliphatic hydroxyl groups excluding tert-OH is 1. The van der Waals surface area contributed by atoms with E-state index in [1.165, 1.54) is 11.1 Å². The fraction of sp³-hybridized carbons (Fsp3) is 0.538. The van der Waals surface area contributed by atoms with Gasteiger partial charge in [-0.25, -0.2) is 0 Å². The van der Waals surface area contributed by atoms with Gasteiger partial charge in [-0.2, -0.15) is 0 Å². The second kappa shape index (κ2) is 4.61. The molecule has 0 saturated heterocycles. The highest BCUT2D eigenvalue weighted by atomic mass is 16.3. The van der Waals surface area contributed by atoms with E-state index in [1.807, 2.05) is 0 Å². The number of aliphatic hydroxyl groups is 1. The Bertz CT molecular complexity index is 282. The molecule has 1 aromatic rings. The van der Waals surface area contributed by atoms with Crippen molar-refractivity contribution in [2.75, 3.05) is 0 Å². The molecule has 0 spiro atoms. The van der Waals surface area contributed by atoms with E-state index in [2.05, 4.69) is 45.9 Å². The topological polar surface area (TPSA) is 20.2 Å². The van der Waals surface area contributed by atoms with E-state index in [0.717, 1.165) is 12.0 Å². The number of hydrogen-bond acceptors (Lipinski definition) is 1. The van der Waals surface area contributed by atoms with Crippen molar-refractivity contribution in [2.24, 2.45) is 5.92 Å². The summed E-state index contributed by atoms with van der Waals surface area (Å²) < 4.78 is 0. The summed E-state index contributed by atoms with van der Waals surface area (Å²) in [5.41, 5.74) is 3.50. The van der Waals surface area contributed by atoms with Crippen LogP contribution in [0.4, 0.5) is 0 Å². The van der Waals surface area contributed by atoms with E-state index in [9.17, 15) is 5.11 Å². The molecule has 0 radical (unpaired) electrons. The first kappa shape index (κ1) is 11.3. The zero-order chi connectivity index (χ0) is 10.7. The van der Waals surface area contributed by atoms with Crippen molar-refractivity contribution >= 4 is 0 Å². The van der Waals surface area contributed by atoms with Gasteiger partial charge in [-0.05, 0) is 31.7 Å². The lowest BCUT2D eigenvalue weighted by Crippen LogP contribution is -2.02. The van der Waals surface area contributed by atoms with Crippen LogP contribution >= 0.6 is 0 Å². The second-order valence-electron chi connectivity index (χ2n) is 4.57. The van der Waals surface area contributed by atoms with E-state index >= 15 is 0 Å². The molecule has 1 nitrogen and oxygen atoms in total. The minimum Gasteiger partial charge on any atom is -0.388 e.